The minimum atomic E-state index is -0.297. The van der Waals surface area contributed by atoms with Crippen molar-refractivity contribution in [3.05, 3.63) is 83.1 Å². The van der Waals surface area contributed by atoms with Crippen LogP contribution in [-0.4, -0.2) is 22.4 Å². The third-order valence-corrected chi connectivity index (χ3v) is 4.52. The lowest BCUT2D eigenvalue weighted by atomic mass is 10.1. The number of aromatic nitrogens is 2. The van der Waals surface area contributed by atoms with Crippen molar-refractivity contribution in [1.82, 2.24) is 9.97 Å². The van der Waals surface area contributed by atoms with Gasteiger partial charge in [-0.3, -0.25) is 4.79 Å². The Balaban J connectivity index is 1.60. The van der Waals surface area contributed by atoms with Crippen LogP contribution in [0.5, 0.6) is 0 Å². The second-order valence-electron chi connectivity index (χ2n) is 6.47. The number of nitrogens with one attached hydrogen (secondary N) is 2. The first kappa shape index (κ1) is 19.5. The Hall–Kier alpha value is -3.28. The number of para-hydroxylation sites is 1. The van der Waals surface area contributed by atoms with Crippen LogP contribution in [0.25, 0.3) is 0 Å². The molecule has 0 bridgehead atoms. The van der Waals surface area contributed by atoms with Crippen LogP contribution in [0.1, 0.15) is 34.1 Å². The van der Waals surface area contributed by atoms with Gasteiger partial charge in [-0.15, -0.1) is 0 Å². The van der Waals surface area contributed by atoms with E-state index in [0.717, 1.165) is 23.2 Å². The van der Waals surface area contributed by atoms with Crippen molar-refractivity contribution in [1.29, 1.82) is 0 Å². The number of amides is 1. The molecule has 0 saturated heterocycles. The zero-order chi connectivity index (χ0) is 19.9. The van der Waals surface area contributed by atoms with Gasteiger partial charge in [0, 0.05) is 12.2 Å². The van der Waals surface area contributed by atoms with Crippen LogP contribution in [0.3, 0.4) is 0 Å². The van der Waals surface area contributed by atoms with Crippen molar-refractivity contribution < 1.29 is 9.18 Å². The van der Waals surface area contributed by atoms with Gasteiger partial charge in [0.05, 0.1) is 12.4 Å². The molecule has 0 spiro atoms. The fourth-order valence-electron chi connectivity index (χ4n) is 2.94. The fraction of sp³-hybridized carbons (Fsp3) is 0.227. The number of halogens is 1. The quantitative estimate of drug-likeness (QED) is 0.640. The maximum absolute atomic E-state index is 13.6. The number of nitrogens with zero attached hydrogens (tertiary/aromatic N) is 2. The number of hydrogen-bond acceptors (Lipinski definition) is 4. The van der Waals surface area contributed by atoms with Crippen molar-refractivity contribution in [2.45, 2.75) is 26.7 Å². The number of aryl methyl sites for hydroxylation is 2. The van der Waals surface area contributed by atoms with Crippen LogP contribution >= 0.6 is 0 Å². The van der Waals surface area contributed by atoms with Crippen LogP contribution in [0.15, 0.2) is 54.9 Å². The van der Waals surface area contributed by atoms with E-state index in [9.17, 15) is 9.18 Å². The third-order valence-electron chi connectivity index (χ3n) is 4.52. The third kappa shape index (κ3) is 4.71. The Kier molecular flexibility index (Phi) is 6.32. The van der Waals surface area contributed by atoms with E-state index >= 15 is 0 Å². The lowest BCUT2D eigenvalue weighted by Gasteiger charge is -2.12. The first-order valence-electron chi connectivity index (χ1n) is 9.27. The Morgan fingerprint density at radius 2 is 1.82 bits per heavy atom. The van der Waals surface area contributed by atoms with Crippen molar-refractivity contribution in [3.63, 3.8) is 0 Å². The molecule has 3 rings (SSSR count). The van der Waals surface area contributed by atoms with Gasteiger partial charge in [-0.25, -0.2) is 14.4 Å². The van der Waals surface area contributed by atoms with Crippen molar-refractivity contribution in [2.75, 3.05) is 17.2 Å². The average Bonchev–Trinajstić information content (AvgIpc) is 2.71. The monoisotopic (exact) mass is 378 g/mol. The molecule has 5 nitrogen and oxygen atoms in total. The summed E-state index contributed by atoms with van der Waals surface area (Å²) in [5.74, 6) is 0.0255. The second-order valence-corrected chi connectivity index (χ2v) is 6.47. The number of hydrogen-bond donors (Lipinski definition) is 2. The Bertz CT molecular complexity index is 957. The normalized spacial score (nSPS) is 10.5. The van der Waals surface area contributed by atoms with Crippen molar-refractivity contribution in [3.8, 4) is 0 Å². The highest BCUT2D eigenvalue weighted by molar-refractivity contribution is 6.03. The summed E-state index contributed by atoms with van der Waals surface area (Å²) in [5, 5.41) is 6.02. The minimum absolute atomic E-state index is 0.218. The van der Waals surface area contributed by atoms with Gasteiger partial charge in [0.1, 0.15) is 17.3 Å². The van der Waals surface area contributed by atoms with E-state index in [2.05, 4.69) is 20.6 Å². The smallest absolute Gasteiger partial charge is 0.275 e. The summed E-state index contributed by atoms with van der Waals surface area (Å²) in [6, 6.07) is 12.6. The van der Waals surface area contributed by atoms with Gasteiger partial charge < -0.3 is 10.6 Å². The van der Waals surface area contributed by atoms with Gasteiger partial charge in [-0.05, 0) is 42.5 Å². The molecule has 1 aromatic heterocycles. The SMILES string of the molecule is CCc1cccc(C)c1NC(=O)c1cnc(NCCc2ccccc2F)cn1. The van der Waals surface area contributed by atoms with Crippen LogP contribution < -0.4 is 10.6 Å². The van der Waals surface area contributed by atoms with E-state index in [4.69, 9.17) is 0 Å². The molecule has 0 atom stereocenters. The lowest BCUT2D eigenvalue weighted by molar-refractivity contribution is 0.102. The second kappa shape index (κ2) is 9.08. The van der Waals surface area contributed by atoms with Gasteiger partial charge in [-0.2, -0.15) is 0 Å². The summed E-state index contributed by atoms with van der Waals surface area (Å²) in [5.41, 5.74) is 3.79. The molecule has 0 fully saturated rings. The molecule has 28 heavy (non-hydrogen) atoms. The molecule has 6 heteroatoms. The molecule has 0 aliphatic heterocycles. The molecule has 2 aromatic carbocycles. The van der Waals surface area contributed by atoms with Gasteiger partial charge in [-0.1, -0.05) is 43.3 Å². The molecule has 0 radical (unpaired) electrons. The molecule has 1 heterocycles. The predicted molar refractivity (Wildman–Crippen MR) is 109 cm³/mol. The molecular formula is C22H23FN4O. The van der Waals surface area contributed by atoms with E-state index in [0.29, 0.717) is 24.3 Å². The number of carbonyl (C=O) groups is 1. The number of anilines is 2. The Labute approximate surface area is 164 Å². The summed E-state index contributed by atoms with van der Waals surface area (Å²) in [6.45, 7) is 4.53. The summed E-state index contributed by atoms with van der Waals surface area (Å²) in [7, 11) is 0. The predicted octanol–water partition coefficient (Wildman–Crippen LogP) is 4.39. The highest BCUT2D eigenvalue weighted by Gasteiger charge is 2.12. The highest BCUT2D eigenvalue weighted by atomic mass is 19.1. The molecule has 1 amide bonds. The van der Waals surface area contributed by atoms with E-state index in [1.165, 1.54) is 18.5 Å². The van der Waals surface area contributed by atoms with Gasteiger partial charge >= 0.3 is 0 Å². The van der Waals surface area contributed by atoms with Gasteiger partial charge in [0.15, 0.2) is 0 Å². The topological polar surface area (TPSA) is 66.9 Å². The van der Waals surface area contributed by atoms with Gasteiger partial charge in [0.2, 0.25) is 0 Å². The maximum atomic E-state index is 13.6. The summed E-state index contributed by atoms with van der Waals surface area (Å²) in [6.07, 6.45) is 4.30. The fourth-order valence-corrected chi connectivity index (χ4v) is 2.94. The van der Waals surface area contributed by atoms with E-state index in [1.807, 2.05) is 38.1 Å². The van der Waals surface area contributed by atoms with Crippen LogP contribution in [0.2, 0.25) is 0 Å². The largest absolute Gasteiger partial charge is 0.368 e. The van der Waals surface area contributed by atoms with Crippen molar-refractivity contribution in [2.24, 2.45) is 0 Å². The number of carbonyl (C=O) groups excluding carboxylic acids is 1. The molecule has 0 unspecified atom stereocenters. The zero-order valence-corrected chi connectivity index (χ0v) is 16.0. The molecule has 144 valence electrons. The number of benzene rings is 2. The standard InChI is InChI=1S/C22H23FN4O/c1-3-16-9-6-7-15(2)21(16)27-22(28)19-13-26-20(14-25-19)24-12-11-17-8-4-5-10-18(17)23/h4-10,13-14H,3,11-12H2,1-2H3,(H,24,26)(H,27,28). The number of rotatable bonds is 7. The average molecular weight is 378 g/mol. The van der Waals surface area contributed by atoms with Crippen LogP contribution in [-0.2, 0) is 12.8 Å². The van der Waals surface area contributed by atoms with E-state index in [-0.39, 0.29) is 17.4 Å². The lowest BCUT2D eigenvalue weighted by Crippen LogP contribution is -2.16. The molecule has 0 aliphatic rings. The van der Waals surface area contributed by atoms with E-state index < -0.39 is 0 Å². The Morgan fingerprint density at radius 1 is 1.04 bits per heavy atom. The van der Waals surface area contributed by atoms with Gasteiger partial charge in [0.25, 0.3) is 5.91 Å². The highest BCUT2D eigenvalue weighted by Crippen LogP contribution is 2.21. The summed E-state index contributed by atoms with van der Waals surface area (Å²) < 4.78 is 13.6. The van der Waals surface area contributed by atoms with Crippen LogP contribution in [0.4, 0.5) is 15.9 Å². The molecule has 3 aromatic rings. The summed E-state index contributed by atoms with van der Waals surface area (Å²) in [4.78, 5) is 20.9. The first-order chi connectivity index (χ1) is 13.6. The molecule has 0 saturated carbocycles. The first-order valence-corrected chi connectivity index (χ1v) is 9.27. The van der Waals surface area contributed by atoms with E-state index in [1.54, 1.807) is 12.1 Å². The molecule has 0 aliphatic carbocycles. The molecular weight excluding hydrogens is 355 g/mol. The van der Waals surface area contributed by atoms with Crippen molar-refractivity contribution >= 4 is 17.4 Å². The Morgan fingerprint density at radius 3 is 2.54 bits per heavy atom. The summed E-state index contributed by atoms with van der Waals surface area (Å²) >= 11 is 0. The molecule has 2 N–H and O–H groups in total. The minimum Gasteiger partial charge on any atom is -0.368 e. The maximum Gasteiger partial charge on any atom is 0.275 e. The zero-order valence-electron chi connectivity index (χ0n) is 16.0. The van der Waals surface area contributed by atoms with Crippen LogP contribution in [0, 0.1) is 12.7 Å².